The summed E-state index contributed by atoms with van der Waals surface area (Å²) in [7, 11) is 0. The largest absolute Gasteiger partial charge is 0.504 e. The van der Waals surface area contributed by atoms with Crippen LogP contribution in [0.2, 0.25) is 0 Å². The summed E-state index contributed by atoms with van der Waals surface area (Å²) in [6.45, 7) is 6.36. The molecule has 0 aromatic heterocycles. The second-order valence-electron chi connectivity index (χ2n) is 8.57. The zero-order valence-corrected chi connectivity index (χ0v) is 14.9. The van der Waals surface area contributed by atoms with E-state index in [1.807, 2.05) is 6.92 Å². The third kappa shape index (κ3) is 2.09. The van der Waals surface area contributed by atoms with Crippen molar-refractivity contribution in [2.45, 2.75) is 52.7 Å². The molecule has 0 aromatic carbocycles. The summed E-state index contributed by atoms with van der Waals surface area (Å²) in [4.78, 5) is 25.8. The van der Waals surface area contributed by atoms with E-state index in [0.717, 1.165) is 19.3 Å². The fourth-order valence-corrected chi connectivity index (χ4v) is 5.67. The standard InChI is InChI=1S/C20H24O5/c1-19(2)6-4-7-20(3)14-11(9-12(21)17(19)20)13-10(15(22)16(14)23)5-8-25-18(13)24/h9,17-18,23-24H,4-8H2,1-3H3/t17?,18?,20-/m1/s1. The van der Waals surface area contributed by atoms with Gasteiger partial charge in [0, 0.05) is 34.5 Å². The number of hydrogen-bond donors (Lipinski definition) is 2. The molecule has 134 valence electrons. The Hall–Kier alpha value is -1.72. The highest BCUT2D eigenvalue weighted by molar-refractivity contribution is 6.12. The van der Waals surface area contributed by atoms with Crippen molar-refractivity contribution in [3.63, 3.8) is 0 Å². The fourth-order valence-electron chi connectivity index (χ4n) is 5.67. The lowest BCUT2D eigenvalue weighted by molar-refractivity contribution is -0.131. The van der Waals surface area contributed by atoms with E-state index in [0.29, 0.717) is 28.7 Å². The highest BCUT2D eigenvalue weighted by Crippen LogP contribution is 2.61. The van der Waals surface area contributed by atoms with Gasteiger partial charge in [-0.05, 0) is 29.9 Å². The SMILES string of the molecule is CC1(C)CCC[C@]2(C)C3=C(O)C(=O)C4=C(C3=CC(=O)C12)C(O)OCC4. The van der Waals surface area contributed by atoms with Crippen molar-refractivity contribution < 1.29 is 24.5 Å². The van der Waals surface area contributed by atoms with Gasteiger partial charge in [-0.25, -0.2) is 0 Å². The van der Waals surface area contributed by atoms with E-state index < -0.39 is 17.5 Å². The molecule has 0 aromatic rings. The van der Waals surface area contributed by atoms with Crippen LogP contribution in [0.15, 0.2) is 34.1 Å². The van der Waals surface area contributed by atoms with Crippen molar-refractivity contribution in [3.05, 3.63) is 34.1 Å². The Morgan fingerprint density at radius 1 is 1.20 bits per heavy atom. The molecule has 0 saturated heterocycles. The van der Waals surface area contributed by atoms with Gasteiger partial charge in [0.05, 0.1) is 6.61 Å². The first-order chi connectivity index (χ1) is 11.7. The molecule has 1 fully saturated rings. The number of carbonyl (C=O) groups excluding carboxylic acids is 2. The van der Waals surface area contributed by atoms with Gasteiger partial charge in [-0.3, -0.25) is 9.59 Å². The Morgan fingerprint density at radius 3 is 2.64 bits per heavy atom. The van der Waals surface area contributed by atoms with Gasteiger partial charge in [0.15, 0.2) is 17.8 Å². The molecule has 2 N–H and O–H groups in total. The van der Waals surface area contributed by atoms with E-state index in [1.165, 1.54) is 6.08 Å². The number of aliphatic hydroxyl groups excluding tert-OH is 2. The van der Waals surface area contributed by atoms with Crippen LogP contribution in [0.1, 0.15) is 46.5 Å². The second-order valence-corrected chi connectivity index (χ2v) is 8.57. The molecule has 3 atom stereocenters. The molecule has 0 amide bonds. The van der Waals surface area contributed by atoms with Crippen molar-refractivity contribution in [3.8, 4) is 0 Å². The maximum absolute atomic E-state index is 13.1. The maximum atomic E-state index is 13.1. The fraction of sp³-hybridized carbons (Fsp3) is 0.600. The van der Waals surface area contributed by atoms with E-state index >= 15 is 0 Å². The minimum atomic E-state index is -1.23. The predicted molar refractivity (Wildman–Crippen MR) is 90.6 cm³/mol. The van der Waals surface area contributed by atoms with E-state index in [1.54, 1.807) is 0 Å². The molecule has 0 radical (unpaired) electrons. The molecule has 4 rings (SSSR count). The van der Waals surface area contributed by atoms with Gasteiger partial charge in [0.25, 0.3) is 0 Å². The second kappa shape index (κ2) is 5.15. The van der Waals surface area contributed by atoms with Crippen LogP contribution in [-0.4, -0.2) is 34.7 Å². The number of allylic oxidation sites excluding steroid dienone is 3. The van der Waals surface area contributed by atoms with Crippen LogP contribution in [0, 0.1) is 16.7 Å². The van der Waals surface area contributed by atoms with Crippen LogP contribution in [0.5, 0.6) is 0 Å². The Kier molecular flexibility index (Phi) is 3.44. The summed E-state index contributed by atoms with van der Waals surface area (Å²) < 4.78 is 5.31. The number of rotatable bonds is 0. The minimum absolute atomic E-state index is 0.0118. The number of fused-ring (bicyclic) bond motifs is 4. The Morgan fingerprint density at radius 2 is 1.92 bits per heavy atom. The third-order valence-corrected chi connectivity index (χ3v) is 6.56. The molecule has 1 heterocycles. The van der Waals surface area contributed by atoms with E-state index in [4.69, 9.17) is 4.74 Å². The zero-order valence-electron chi connectivity index (χ0n) is 14.9. The van der Waals surface area contributed by atoms with Crippen molar-refractivity contribution in [1.82, 2.24) is 0 Å². The molecule has 2 unspecified atom stereocenters. The number of ether oxygens (including phenoxy) is 1. The molecule has 1 saturated carbocycles. The summed E-state index contributed by atoms with van der Waals surface area (Å²) in [6, 6.07) is 0. The quantitative estimate of drug-likeness (QED) is 0.706. The lowest BCUT2D eigenvalue weighted by atomic mass is 9.48. The van der Waals surface area contributed by atoms with Crippen molar-refractivity contribution in [2.75, 3.05) is 6.61 Å². The maximum Gasteiger partial charge on any atom is 0.224 e. The lowest BCUT2D eigenvalue weighted by Gasteiger charge is -2.54. The van der Waals surface area contributed by atoms with Crippen molar-refractivity contribution in [1.29, 1.82) is 0 Å². The van der Waals surface area contributed by atoms with E-state index in [2.05, 4.69) is 13.8 Å². The first-order valence-corrected chi connectivity index (χ1v) is 8.96. The summed E-state index contributed by atoms with van der Waals surface area (Å²) in [5, 5.41) is 21.1. The first kappa shape index (κ1) is 16.7. The van der Waals surface area contributed by atoms with Crippen LogP contribution in [0.4, 0.5) is 0 Å². The van der Waals surface area contributed by atoms with Crippen molar-refractivity contribution >= 4 is 11.6 Å². The van der Waals surface area contributed by atoms with Crippen LogP contribution in [-0.2, 0) is 14.3 Å². The third-order valence-electron chi connectivity index (χ3n) is 6.56. The summed E-state index contributed by atoms with van der Waals surface area (Å²) in [5.41, 5.74) is 0.951. The summed E-state index contributed by atoms with van der Waals surface area (Å²) >= 11 is 0. The molecular formula is C20H24O5. The number of carbonyl (C=O) groups is 2. The molecule has 25 heavy (non-hydrogen) atoms. The van der Waals surface area contributed by atoms with E-state index in [-0.39, 0.29) is 29.5 Å². The van der Waals surface area contributed by atoms with Gasteiger partial charge < -0.3 is 14.9 Å². The minimum Gasteiger partial charge on any atom is -0.504 e. The average molecular weight is 344 g/mol. The Labute approximate surface area is 147 Å². The highest BCUT2D eigenvalue weighted by Gasteiger charge is 2.57. The van der Waals surface area contributed by atoms with Crippen LogP contribution in [0.25, 0.3) is 0 Å². The molecule has 0 spiro atoms. The zero-order chi connectivity index (χ0) is 18.1. The normalized spacial score (nSPS) is 37.4. The molecule has 4 aliphatic rings. The van der Waals surface area contributed by atoms with Crippen molar-refractivity contribution in [2.24, 2.45) is 16.7 Å². The Balaban J connectivity index is 1.99. The van der Waals surface area contributed by atoms with E-state index in [9.17, 15) is 19.8 Å². The molecular weight excluding hydrogens is 320 g/mol. The Bertz CT molecular complexity index is 782. The number of aliphatic hydroxyl groups is 2. The number of ketones is 2. The molecule has 3 aliphatic carbocycles. The number of Topliss-reactive ketones (excluding diaryl/α,β-unsaturated/α-hetero) is 1. The summed E-state index contributed by atoms with van der Waals surface area (Å²) in [5.74, 6) is -0.956. The van der Waals surface area contributed by atoms with Crippen LogP contribution in [0.3, 0.4) is 0 Å². The van der Waals surface area contributed by atoms with Gasteiger partial charge >= 0.3 is 0 Å². The summed E-state index contributed by atoms with van der Waals surface area (Å²) in [6.07, 6.45) is 3.22. The molecule has 5 heteroatoms. The first-order valence-electron chi connectivity index (χ1n) is 8.96. The smallest absolute Gasteiger partial charge is 0.224 e. The van der Waals surface area contributed by atoms with Crippen LogP contribution >= 0.6 is 0 Å². The lowest BCUT2D eigenvalue weighted by Crippen LogP contribution is -2.51. The average Bonchev–Trinajstić information content (AvgIpc) is 2.50. The van der Waals surface area contributed by atoms with Gasteiger partial charge in [-0.15, -0.1) is 0 Å². The van der Waals surface area contributed by atoms with Crippen LogP contribution < -0.4 is 0 Å². The molecule has 0 bridgehead atoms. The van der Waals surface area contributed by atoms with Gasteiger partial charge in [-0.1, -0.05) is 27.2 Å². The van der Waals surface area contributed by atoms with Gasteiger partial charge in [0.1, 0.15) is 0 Å². The predicted octanol–water partition coefficient (Wildman–Crippen LogP) is 2.76. The molecule has 5 nitrogen and oxygen atoms in total. The highest BCUT2D eigenvalue weighted by atomic mass is 16.6. The van der Waals surface area contributed by atoms with Gasteiger partial charge in [-0.2, -0.15) is 0 Å². The number of hydrogen-bond acceptors (Lipinski definition) is 5. The monoisotopic (exact) mass is 344 g/mol. The molecule has 1 aliphatic heterocycles. The topological polar surface area (TPSA) is 83.8 Å². The van der Waals surface area contributed by atoms with Gasteiger partial charge in [0.2, 0.25) is 5.78 Å².